The number of benzene rings is 2. The second-order valence-electron chi connectivity index (χ2n) is 6.55. The molecule has 0 spiro atoms. The summed E-state index contributed by atoms with van der Waals surface area (Å²) < 4.78 is 18.9. The number of halogens is 2. The van der Waals surface area contributed by atoms with Crippen LogP contribution >= 0.6 is 11.6 Å². The van der Waals surface area contributed by atoms with Gasteiger partial charge in [-0.1, -0.05) is 11.6 Å². The lowest BCUT2D eigenvalue weighted by atomic mass is 10.1. The number of carbonyl (C=O) groups is 3. The first-order chi connectivity index (χ1) is 13.8. The quantitative estimate of drug-likeness (QED) is 0.777. The molecular weight excluding hydrogens is 401 g/mol. The van der Waals surface area contributed by atoms with Crippen LogP contribution in [0.2, 0.25) is 5.02 Å². The summed E-state index contributed by atoms with van der Waals surface area (Å²) in [6.45, 7) is 0.391. The first-order valence-electron chi connectivity index (χ1n) is 8.86. The summed E-state index contributed by atoms with van der Waals surface area (Å²) in [5, 5.41) is 2.99. The first-order valence-corrected chi connectivity index (χ1v) is 9.24. The van der Waals surface area contributed by atoms with Gasteiger partial charge in [-0.05, 0) is 49.2 Å². The smallest absolute Gasteiger partial charge is 0.258 e. The van der Waals surface area contributed by atoms with Crippen LogP contribution in [0.25, 0.3) is 0 Å². The number of carbonyl (C=O) groups excluding carboxylic acids is 3. The van der Waals surface area contributed by atoms with E-state index in [-0.39, 0.29) is 22.7 Å². The summed E-state index contributed by atoms with van der Waals surface area (Å²) >= 11 is 6.01. The van der Waals surface area contributed by atoms with Crippen molar-refractivity contribution in [2.75, 3.05) is 19.0 Å². The van der Waals surface area contributed by atoms with E-state index < -0.39 is 23.7 Å². The van der Waals surface area contributed by atoms with Crippen LogP contribution in [-0.4, -0.2) is 42.3 Å². The maximum atomic E-state index is 13.6. The number of nitrogens with two attached hydrogens (primary N) is 1. The van der Waals surface area contributed by atoms with E-state index in [1.54, 1.807) is 12.1 Å². The number of methoxy groups -OCH3 is 1. The number of likely N-dealkylation sites (tertiary alicyclic amines) is 1. The van der Waals surface area contributed by atoms with Gasteiger partial charge in [0.05, 0.1) is 18.2 Å². The molecule has 3 rings (SSSR count). The van der Waals surface area contributed by atoms with E-state index >= 15 is 0 Å². The van der Waals surface area contributed by atoms with Crippen LogP contribution in [0, 0.1) is 5.82 Å². The van der Waals surface area contributed by atoms with E-state index in [0.29, 0.717) is 30.2 Å². The largest absolute Gasteiger partial charge is 0.496 e. The number of primary amides is 1. The highest BCUT2D eigenvalue weighted by atomic mass is 35.5. The molecule has 0 radical (unpaired) electrons. The molecule has 1 fully saturated rings. The summed E-state index contributed by atoms with van der Waals surface area (Å²) in [6.07, 6.45) is 1.10. The van der Waals surface area contributed by atoms with Gasteiger partial charge in [-0.25, -0.2) is 4.39 Å². The normalized spacial score (nSPS) is 15.8. The van der Waals surface area contributed by atoms with Crippen molar-refractivity contribution >= 4 is 35.0 Å². The zero-order valence-electron chi connectivity index (χ0n) is 15.6. The Kier molecular flexibility index (Phi) is 6.03. The molecule has 3 amide bonds. The van der Waals surface area contributed by atoms with E-state index in [9.17, 15) is 18.8 Å². The van der Waals surface area contributed by atoms with Crippen molar-refractivity contribution < 1.29 is 23.5 Å². The molecule has 1 aliphatic rings. The molecule has 1 aliphatic heterocycles. The van der Waals surface area contributed by atoms with Gasteiger partial charge in [0.25, 0.3) is 11.8 Å². The topological polar surface area (TPSA) is 102 Å². The monoisotopic (exact) mass is 419 g/mol. The van der Waals surface area contributed by atoms with Gasteiger partial charge in [-0.15, -0.1) is 0 Å². The van der Waals surface area contributed by atoms with Crippen molar-refractivity contribution in [3.05, 3.63) is 58.4 Å². The molecule has 29 heavy (non-hydrogen) atoms. The maximum Gasteiger partial charge on any atom is 0.258 e. The number of rotatable bonds is 5. The van der Waals surface area contributed by atoms with Crippen LogP contribution in [-0.2, 0) is 4.79 Å². The van der Waals surface area contributed by atoms with Gasteiger partial charge in [-0.3, -0.25) is 14.4 Å². The Labute approximate surface area is 171 Å². The highest BCUT2D eigenvalue weighted by Crippen LogP contribution is 2.28. The molecule has 7 nitrogen and oxygen atoms in total. The standard InChI is InChI=1S/C20H19ClFN3O4/c1-29-17-7-4-11(21)9-14(17)20(28)25-8-2-3-16(25)19(27)24-12-5-6-15(22)13(10-12)18(23)26/h4-7,9-10,16H,2-3,8H2,1H3,(H2,23,26)(H,24,27). The molecule has 0 aliphatic carbocycles. The Morgan fingerprint density at radius 1 is 1.21 bits per heavy atom. The van der Waals surface area contributed by atoms with Crippen LogP contribution in [0.5, 0.6) is 5.75 Å². The fourth-order valence-electron chi connectivity index (χ4n) is 3.30. The molecule has 1 unspecified atom stereocenters. The first kappa shape index (κ1) is 20.6. The zero-order valence-corrected chi connectivity index (χ0v) is 16.3. The minimum Gasteiger partial charge on any atom is -0.496 e. The third-order valence-electron chi connectivity index (χ3n) is 4.71. The van der Waals surface area contributed by atoms with Gasteiger partial charge < -0.3 is 20.7 Å². The number of anilines is 1. The SMILES string of the molecule is COc1ccc(Cl)cc1C(=O)N1CCCC1C(=O)Nc1ccc(F)c(C(N)=O)c1. The molecule has 152 valence electrons. The molecule has 0 saturated carbocycles. The summed E-state index contributed by atoms with van der Waals surface area (Å²) in [6, 6.07) is 7.49. The lowest BCUT2D eigenvalue weighted by Gasteiger charge is -2.25. The van der Waals surface area contributed by atoms with Crippen molar-refractivity contribution in [1.82, 2.24) is 4.90 Å². The molecule has 0 aromatic heterocycles. The third-order valence-corrected chi connectivity index (χ3v) is 4.94. The minimum absolute atomic E-state index is 0.213. The molecule has 1 atom stereocenters. The van der Waals surface area contributed by atoms with Crippen molar-refractivity contribution in [2.24, 2.45) is 5.73 Å². The molecule has 2 aromatic carbocycles. The molecule has 0 bridgehead atoms. The number of hydrogen-bond acceptors (Lipinski definition) is 4. The number of amides is 3. The Morgan fingerprint density at radius 2 is 1.97 bits per heavy atom. The highest BCUT2D eigenvalue weighted by molar-refractivity contribution is 6.31. The van der Waals surface area contributed by atoms with E-state index in [2.05, 4.69) is 5.32 Å². The van der Waals surface area contributed by atoms with Crippen LogP contribution < -0.4 is 15.8 Å². The predicted octanol–water partition coefficient (Wildman–Crippen LogP) is 2.83. The predicted molar refractivity (Wildman–Crippen MR) is 106 cm³/mol. The minimum atomic E-state index is -0.940. The second kappa shape index (κ2) is 8.48. The molecule has 3 N–H and O–H groups in total. The van der Waals surface area contributed by atoms with E-state index in [4.69, 9.17) is 22.1 Å². The maximum absolute atomic E-state index is 13.6. The van der Waals surface area contributed by atoms with Crippen molar-refractivity contribution in [3.63, 3.8) is 0 Å². The summed E-state index contributed by atoms with van der Waals surface area (Å²) in [7, 11) is 1.44. The Hall–Kier alpha value is -3.13. The van der Waals surface area contributed by atoms with Gasteiger partial charge in [0, 0.05) is 17.3 Å². The average Bonchev–Trinajstić information content (AvgIpc) is 3.18. The lowest BCUT2D eigenvalue weighted by molar-refractivity contribution is -0.119. The molecule has 1 heterocycles. The average molecular weight is 420 g/mol. The number of nitrogens with zero attached hydrogens (tertiary/aromatic N) is 1. The van der Waals surface area contributed by atoms with Gasteiger partial charge in [-0.2, -0.15) is 0 Å². The number of ether oxygens (including phenoxy) is 1. The number of hydrogen-bond donors (Lipinski definition) is 2. The zero-order chi connectivity index (χ0) is 21.1. The van der Waals surface area contributed by atoms with Crippen molar-refractivity contribution in [2.45, 2.75) is 18.9 Å². The highest BCUT2D eigenvalue weighted by Gasteiger charge is 2.35. The molecule has 9 heteroatoms. The summed E-state index contributed by atoms with van der Waals surface area (Å²) in [5.74, 6) is -2.18. The van der Waals surface area contributed by atoms with Gasteiger partial charge in [0.15, 0.2) is 0 Å². The molecule has 2 aromatic rings. The second-order valence-corrected chi connectivity index (χ2v) is 6.99. The van der Waals surface area contributed by atoms with Gasteiger partial charge in [0.2, 0.25) is 5.91 Å². The van der Waals surface area contributed by atoms with Gasteiger partial charge in [0.1, 0.15) is 17.6 Å². The summed E-state index contributed by atoms with van der Waals surface area (Å²) in [5.41, 5.74) is 5.28. The van der Waals surface area contributed by atoms with Crippen LogP contribution in [0.15, 0.2) is 36.4 Å². The van der Waals surface area contributed by atoms with Crippen LogP contribution in [0.4, 0.5) is 10.1 Å². The molecule has 1 saturated heterocycles. The van der Waals surface area contributed by atoms with Crippen molar-refractivity contribution in [1.29, 1.82) is 0 Å². The third kappa shape index (κ3) is 4.32. The van der Waals surface area contributed by atoms with Crippen LogP contribution in [0.1, 0.15) is 33.6 Å². The number of nitrogens with one attached hydrogen (secondary N) is 1. The fraction of sp³-hybridized carbons (Fsp3) is 0.250. The Balaban J connectivity index is 1.81. The fourth-order valence-corrected chi connectivity index (χ4v) is 3.47. The Morgan fingerprint density at radius 3 is 2.66 bits per heavy atom. The van der Waals surface area contributed by atoms with E-state index in [1.165, 1.54) is 24.1 Å². The lowest BCUT2D eigenvalue weighted by Crippen LogP contribution is -2.43. The van der Waals surface area contributed by atoms with Gasteiger partial charge >= 0.3 is 0 Å². The van der Waals surface area contributed by atoms with E-state index in [1.807, 2.05) is 0 Å². The van der Waals surface area contributed by atoms with E-state index in [0.717, 1.165) is 12.1 Å². The van der Waals surface area contributed by atoms with Crippen molar-refractivity contribution in [3.8, 4) is 5.75 Å². The molecular formula is C20H19ClFN3O4. The van der Waals surface area contributed by atoms with Crippen LogP contribution in [0.3, 0.4) is 0 Å². The summed E-state index contributed by atoms with van der Waals surface area (Å²) in [4.78, 5) is 38.5. The Bertz CT molecular complexity index is 982.